The van der Waals surface area contributed by atoms with Crippen LogP contribution in [0.2, 0.25) is 5.02 Å². The van der Waals surface area contributed by atoms with Gasteiger partial charge < -0.3 is 25.7 Å². The molecule has 0 amide bonds. The number of fused-ring (bicyclic) bond motifs is 1. The summed E-state index contributed by atoms with van der Waals surface area (Å²) in [5.41, 5.74) is 3.51. The first kappa shape index (κ1) is 27.9. The third-order valence-electron chi connectivity index (χ3n) is 5.84. The van der Waals surface area contributed by atoms with Gasteiger partial charge in [-0.1, -0.05) is 54.1 Å². The second kappa shape index (κ2) is 12.5. The van der Waals surface area contributed by atoms with Crippen LogP contribution in [0.15, 0.2) is 54.6 Å². The van der Waals surface area contributed by atoms with E-state index in [0.717, 1.165) is 48.8 Å². The molecule has 0 unspecified atom stereocenters. The number of carboxylic acids is 3. The van der Waals surface area contributed by atoms with Crippen LogP contribution >= 0.6 is 11.6 Å². The van der Waals surface area contributed by atoms with Gasteiger partial charge in [0.2, 0.25) is 0 Å². The van der Waals surface area contributed by atoms with Crippen LogP contribution in [0.25, 0.3) is 11.3 Å². The molecule has 0 saturated carbocycles. The zero-order valence-electron chi connectivity index (χ0n) is 19.9. The van der Waals surface area contributed by atoms with Crippen molar-refractivity contribution >= 4 is 29.5 Å². The maximum absolute atomic E-state index is 10.3. The molecule has 1 aromatic heterocycles. The molecule has 0 aliphatic carbocycles. The molecule has 0 radical (unpaired) electrons. The zero-order valence-corrected chi connectivity index (χ0v) is 20.7. The molecule has 2 heterocycles. The van der Waals surface area contributed by atoms with E-state index in [1.165, 1.54) is 16.8 Å². The molecule has 0 spiro atoms. The number of nitrogens with one attached hydrogen (secondary N) is 1. The fourth-order valence-electron chi connectivity index (χ4n) is 4.06. The van der Waals surface area contributed by atoms with E-state index in [0.29, 0.717) is 0 Å². The highest BCUT2D eigenvalue weighted by molar-refractivity contribution is 6.30. The smallest absolute Gasteiger partial charge is 0.336 e. The van der Waals surface area contributed by atoms with E-state index in [1.807, 2.05) is 12.1 Å². The molecule has 3 aromatic rings. The maximum atomic E-state index is 10.3. The summed E-state index contributed by atoms with van der Waals surface area (Å²) in [5.74, 6) is -5.02. The lowest BCUT2D eigenvalue weighted by molar-refractivity contribution is -0.170. The van der Waals surface area contributed by atoms with E-state index < -0.39 is 36.4 Å². The van der Waals surface area contributed by atoms with E-state index >= 15 is 0 Å². The summed E-state index contributed by atoms with van der Waals surface area (Å²) in [7, 11) is 0. The number of benzene rings is 2. The SMILES string of the molecule is Clc1ccc(-c2nn(Cc3ccccc3)c3c2CCNCC3)cc1.O=C(O)CC(O)(CC(=O)O)C(=O)O. The second-order valence-electron chi connectivity index (χ2n) is 8.65. The van der Waals surface area contributed by atoms with Crippen molar-refractivity contribution in [2.24, 2.45) is 0 Å². The summed E-state index contributed by atoms with van der Waals surface area (Å²) in [6.45, 7) is 2.83. The van der Waals surface area contributed by atoms with Crippen LogP contribution in [0.3, 0.4) is 0 Å². The van der Waals surface area contributed by atoms with Crippen molar-refractivity contribution in [2.45, 2.75) is 37.8 Å². The number of nitrogens with zero attached hydrogens (tertiary/aromatic N) is 2. The highest BCUT2D eigenvalue weighted by Gasteiger charge is 2.40. The van der Waals surface area contributed by atoms with Crippen molar-refractivity contribution in [3.05, 3.63) is 76.4 Å². The van der Waals surface area contributed by atoms with Crippen molar-refractivity contribution in [3.63, 3.8) is 0 Å². The van der Waals surface area contributed by atoms with Crippen LogP contribution in [-0.2, 0) is 33.8 Å². The number of hydrogen-bond donors (Lipinski definition) is 5. The Bertz CT molecular complexity index is 1230. The molecular weight excluding hydrogens is 502 g/mol. The molecule has 196 valence electrons. The summed E-state index contributed by atoms with van der Waals surface area (Å²) in [4.78, 5) is 30.5. The van der Waals surface area contributed by atoms with Gasteiger partial charge in [0.25, 0.3) is 0 Å². The predicted molar refractivity (Wildman–Crippen MR) is 136 cm³/mol. The number of aliphatic carboxylic acids is 3. The third kappa shape index (κ3) is 7.63. The van der Waals surface area contributed by atoms with Crippen LogP contribution in [0.5, 0.6) is 0 Å². The summed E-state index contributed by atoms with van der Waals surface area (Å²) >= 11 is 6.05. The Labute approximate surface area is 218 Å². The van der Waals surface area contributed by atoms with E-state index in [9.17, 15) is 14.4 Å². The molecular formula is C26H28ClN3O7. The lowest BCUT2D eigenvalue weighted by Gasteiger charge is -2.18. The van der Waals surface area contributed by atoms with Gasteiger partial charge in [-0.05, 0) is 30.7 Å². The maximum Gasteiger partial charge on any atom is 0.336 e. The fraction of sp³-hybridized carbons (Fsp3) is 0.308. The molecule has 2 aromatic carbocycles. The lowest BCUT2D eigenvalue weighted by atomic mass is 9.96. The van der Waals surface area contributed by atoms with Gasteiger partial charge in [-0.3, -0.25) is 14.3 Å². The molecule has 11 heteroatoms. The number of aromatic nitrogens is 2. The molecule has 1 aliphatic rings. The number of hydrogen-bond acceptors (Lipinski definition) is 6. The first-order chi connectivity index (χ1) is 17.6. The molecule has 37 heavy (non-hydrogen) atoms. The van der Waals surface area contributed by atoms with Crippen LogP contribution < -0.4 is 5.32 Å². The standard InChI is InChI=1S/C20H20ClN3.C6H8O7/c21-17-8-6-16(7-9-17)20-18-10-12-22-13-11-19(18)24(23-20)14-15-4-2-1-3-5-15;7-3(8)1-6(13,5(11)12)2-4(9)10/h1-9,22H,10-14H2;13H,1-2H2,(H,7,8)(H,9,10)(H,11,12). The van der Waals surface area contributed by atoms with Crippen LogP contribution in [0, 0.1) is 0 Å². The summed E-state index contributed by atoms with van der Waals surface area (Å²) < 4.78 is 2.18. The minimum atomic E-state index is -2.74. The van der Waals surface area contributed by atoms with Crippen molar-refractivity contribution in [1.29, 1.82) is 0 Å². The molecule has 0 atom stereocenters. The van der Waals surface area contributed by atoms with Gasteiger partial charge in [-0.2, -0.15) is 5.10 Å². The number of carbonyl (C=O) groups is 3. The van der Waals surface area contributed by atoms with Crippen molar-refractivity contribution < 1.29 is 34.8 Å². The predicted octanol–water partition coefficient (Wildman–Crippen LogP) is 2.69. The normalized spacial score (nSPS) is 13.0. The molecule has 1 aliphatic heterocycles. The lowest BCUT2D eigenvalue weighted by Crippen LogP contribution is -2.42. The van der Waals surface area contributed by atoms with Crippen molar-refractivity contribution in [3.8, 4) is 11.3 Å². The van der Waals surface area contributed by atoms with Crippen LogP contribution in [-0.4, -0.2) is 66.8 Å². The Balaban J connectivity index is 0.000000251. The number of halogens is 1. The van der Waals surface area contributed by atoms with Crippen LogP contribution in [0.1, 0.15) is 29.7 Å². The molecule has 0 saturated heterocycles. The highest BCUT2D eigenvalue weighted by atomic mass is 35.5. The molecule has 10 nitrogen and oxygen atoms in total. The topological polar surface area (TPSA) is 162 Å². The van der Waals surface area contributed by atoms with E-state index in [4.69, 9.17) is 37.1 Å². The number of carboxylic acid groups (broad SMARTS) is 3. The first-order valence-electron chi connectivity index (χ1n) is 11.6. The van der Waals surface area contributed by atoms with E-state index in [2.05, 4.69) is 52.5 Å². The monoisotopic (exact) mass is 529 g/mol. The molecule has 0 bridgehead atoms. The fourth-order valence-corrected chi connectivity index (χ4v) is 4.19. The van der Waals surface area contributed by atoms with Gasteiger partial charge in [0.1, 0.15) is 0 Å². The second-order valence-corrected chi connectivity index (χ2v) is 9.09. The van der Waals surface area contributed by atoms with E-state index in [-0.39, 0.29) is 0 Å². The largest absolute Gasteiger partial charge is 0.481 e. The van der Waals surface area contributed by atoms with Gasteiger partial charge in [-0.15, -0.1) is 0 Å². The summed E-state index contributed by atoms with van der Waals surface area (Å²) in [5, 5.41) is 43.0. The van der Waals surface area contributed by atoms with E-state index in [1.54, 1.807) is 0 Å². The van der Waals surface area contributed by atoms with Gasteiger partial charge in [0.05, 0.1) is 25.1 Å². The number of aliphatic hydroxyl groups is 1. The van der Waals surface area contributed by atoms with Crippen LogP contribution in [0.4, 0.5) is 0 Å². The van der Waals surface area contributed by atoms with Crippen molar-refractivity contribution in [1.82, 2.24) is 15.1 Å². The Morgan fingerprint density at radius 3 is 2.08 bits per heavy atom. The average molecular weight is 530 g/mol. The Hall–Kier alpha value is -3.73. The molecule has 5 N–H and O–H groups in total. The highest BCUT2D eigenvalue weighted by Crippen LogP contribution is 2.29. The summed E-state index contributed by atoms with van der Waals surface area (Å²) in [6.07, 6.45) is -0.256. The summed E-state index contributed by atoms with van der Waals surface area (Å²) in [6, 6.07) is 18.5. The third-order valence-corrected chi connectivity index (χ3v) is 6.09. The van der Waals surface area contributed by atoms with Gasteiger partial charge in [-0.25, -0.2) is 4.79 Å². The van der Waals surface area contributed by atoms with Gasteiger partial charge >= 0.3 is 17.9 Å². The van der Waals surface area contributed by atoms with Gasteiger partial charge in [0.15, 0.2) is 5.60 Å². The number of rotatable bonds is 8. The Kier molecular flexibility index (Phi) is 9.40. The first-order valence-corrected chi connectivity index (χ1v) is 12.0. The average Bonchev–Trinajstić information content (AvgIpc) is 3.00. The quantitative estimate of drug-likeness (QED) is 0.295. The van der Waals surface area contributed by atoms with Crippen molar-refractivity contribution in [2.75, 3.05) is 13.1 Å². The Morgan fingerprint density at radius 2 is 1.51 bits per heavy atom. The minimum absolute atomic E-state index is 0.759. The minimum Gasteiger partial charge on any atom is -0.481 e. The van der Waals surface area contributed by atoms with Gasteiger partial charge in [0, 0.05) is 34.8 Å². The molecule has 4 rings (SSSR count). The zero-order chi connectivity index (χ0) is 27.0. The Morgan fingerprint density at radius 1 is 0.919 bits per heavy atom. The molecule has 0 fully saturated rings.